The summed E-state index contributed by atoms with van der Waals surface area (Å²) in [6.07, 6.45) is 2.37. The van der Waals surface area contributed by atoms with Crippen LogP contribution in [0.1, 0.15) is 36.5 Å². The first-order valence-electron chi connectivity index (χ1n) is 9.32. The number of aromatic amines is 1. The zero-order chi connectivity index (χ0) is 20.4. The first kappa shape index (κ1) is 20.3. The topological polar surface area (TPSA) is 123 Å². The van der Waals surface area contributed by atoms with Crippen molar-refractivity contribution in [3.63, 3.8) is 0 Å². The number of piperidine rings is 1. The van der Waals surface area contributed by atoms with Crippen LogP contribution in [0.15, 0.2) is 30.5 Å². The fourth-order valence-electron chi connectivity index (χ4n) is 4.18. The zero-order valence-corrected chi connectivity index (χ0v) is 15.8. The van der Waals surface area contributed by atoms with Gasteiger partial charge in [-0.15, -0.1) is 0 Å². The number of rotatable bonds is 1. The van der Waals surface area contributed by atoms with Gasteiger partial charge in [-0.1, -0.05) is 12.1 Å². The van der Waals surface area contributed by atoms with Crippen LogP contribution in [-0.4, -0.2) is 74.6 Å². The molecule has 0 bridgehead atoms. The van der Waals surface area contributed by atoms with Gasteiger partial charge in [0.1, 0.15) is 11.7 Å². The Hall–Kier alpha value is -2.42. The lowest BCUT2D eigenvalue weighted by atomic mass is 9.75. The highest BCUT2D eigenvalue weighted by Crippen LogP contribution is 2.40. The zero-order valence-electron chi connectivity index (χ0n) is 15.8. The average Bonchev–Trinajstić information content (AvgIpc) is 3.16. The van der Waals surface area contributed by atoms with Crippen molar-refractivity contribution in [1.29, 1.82) is 0 Å². The number of aromatic nitrogens is 1. The van der Waals surface area contributed by atoms with Crippen LogP contribution in [0.5, 0.6) is 0 Å². The minimum atomic E-state index is -1.14. The number of H-pyrrole nitrogens is 1. The Morgan fingerprint density at radius 2 is 1.96 bits per heavy atom. The Morgan fingerprint density at radius 3 is 2.64 bits per heavy atom. The molecule has 1 aromatic heterocycles. The maximum atomic E-state index is 12.9. The van der Waals surface area contributed by atoms with E-state index in [2.05, 4.69) is 4.98 Å². The van der Waals surface area contributed by atoms with Crippen molar-refractivity contribution in [2.75, 3.05) is 19.7 Å². The number of amides is 1. The minimum Gasteiger partial charge on any atom is -0.483 e. The van der Waals surface area contributed by atoms with E-state index in [1.807, 2.05) is 30.5 Å². The van der Waals surface area contributed by atoms with Gasteiger partial charge in [-0.3, -0.25) is 9.59 Å². The van der Waals surface area contributed by atoms with E-state index in [1.165, 1.54) is 0 Å². The van der Waals surface area contributed by atoms with Gasteiger partial charge >= 0.3 is 0 Å². The number of nitrogens with zero attached hydrogens (tertiary/aromatic N) is 1. The number of ether oxygens (including phenoxy) is 1. The third-order valence-corrected chi connectivity index (χ3v) is 5.80. The number of aliphatic hydroxyl groups excluding tert-OH is 1. The molecular weight excluding hydrogens is 364 g/mol. The standard InChI is InChI=1S/C19H24N2O4.CH2O2/c1-18(24)8-12-25-19(17(18)23)6-10-21(11-7-19)16(22)14-4-2-3-13-5-9-20-15(13)14;2-1-3/h2-5,9,17,20,23-24H,6-8,10-12H2,1H3;1H,(H,2,3)/t17-,18+;/m0./s1. The second-order valence-corrected chi connectivity index (χ2v) is 7.57. The van der Waals surface area contributed by atoms with Gasteiger partial charge in [0, 0.05) is 31.1 Å². The Balaban J connectivity index is 0.000000706. The van der Waals surface area contributed by atoms with Crippen molar-refractivity contribution in [2.45, 2.75) is 43.5 Å². The van der Waals surface area contributed by atoms with Gasteiger partial charge in [0.05, 0.1) is 23.3 Å². The highest BCUT2D eigenvalue weighted by molar-refractivity contribution is 6.05. The van der Waals surface area contributed by atoms with E-state index in [0.717, 1.165) is 10.9 Å². The monoisotopic (exact) mass is 390 g/mol. The van der Waals surface area contributed by atoms with E-state index >= 15 is 0 Å². The molecule has 2 fully saturated rings. The van der Waals surface area contributed by atoms with Gasteiger partial charge in [-0.25, -0.2) is 0 Å². The molecule has 0 radical (unpaired) electrons. The van der Waals surface area contributed by atoms with Gasteiger partial charge in [0.2, 0.25) is 0 Å². The summed E-state index contributed by atoms with van der Waals surface area (Å²) in [7, 11) is 0. The van der Waals surface area contributed by atoms with Crippen molar-refractivity contribution in [2.24, 2.45) is 0 Å². The Kier molecular flexibility index (Phi) is 5.74. The molecule has 8 heteroatoms. The van der Waals surface area contributed by atoms with Crippen LogP contribution in [0.2, 0.25) is 0 Å². The number of likely N-dealkylation sites (tertiary alicyclic amines) is 1. The molecule has 2 aliphatic heterocycles. The van der Waals surface area contributed by atoms with Crippen molar-refractivity contribution < 1.29 is 29.6 Å². The van der Waals surface area contributed by atoms with E-state index < -0.39 is 17.3 Å². The van der Waals surface area contributed by atoms with Crippen molar-refractivity contribution in [3.8, 4) is 0 Å². The second kappa shape index (κ2) is 7.90. The molecule has 1 aromatic carbocycles. The van der Waals surface area contributed by atoms with Gasteiger partial charge in [-0.05, 0) is 31.9 Å². The molecule has 2 atom stereocenters. The third kappa shape index (κ3) is 3.63. The predicted molar refractivity (Wildman–Crippen MR) is 102 cm³/mol. The summed E-state index contributed by atoms with van der Waals surface area (Å²) in [5, 5.41) is 28.9. The lowest BCUT2D eigenvalue weighted by Gasteiger charge is -2.51. The molecule has 28 heavy (non-hydrogen) atoms. The molecule has 0 aliphatic carbocycles. The minimum absolute atomic E-state index is 0.0139. The molecule has 152 valence electrons. The summed E-state index contributed by atoms with van der Waals surface area (Å²) in [6, 6.07) is 7.65. The summed E-state index contributed by atoms with van der Waals surface area (Å²) in [4.78, 5) is 26.2. The molecule has 3 heterocycles. The largest absolute Gasteiger partial charge is 0.483 e. The number of carboxylic acid groups (broad SMARTS) is 1. The lowest BCUT2D eigenvalue weighted by molar-refractivity contribution is -0.244. The van der Waals surface area contributed by atoms with Crippen molar-refractivity contribution in [3.05, 3.63) is 36.0 Å². The summed E-state index contributed by atoms with van der Waals surface area (Å²) >= 11 is 0. The molecule has 2 saturated heterocycles. The molecule has 4 rings (SSSR count). The molecule has 8 nitrogen and oxygen atoms in total. The molecule has 2 aromatic rings. The number of benzene rings is 1. The maximum absolute atomic E-state index is 12.9. The summed E-state index contributed by atoms with van der Waals surface area (Å²) in [5.74, 6) is -0.0139. The molecule has 1 spiro atoms. The normalized spacial score (nSPS) is 26.5. The van der Waals surface area contributed by atoms with Crippen LogP contribution in [0.25, 0.3) is 10.9 Å². The van der Waals surface area contributed by atoms with E-state index in [4.69, 9.17) is 14.6 Å². The van der Waals surface area contributed by atoms with Gasteiger partial charge < -0.3 is 29.9 Å². The third-order valence-electron chi connectivity index (χ3n) is 5.80. The van der Waals surface area contributed by atoms with Crippen LogP contribution in [0, 0.1) is 0 Å². The number of hydrogen-bond donors (Lipinski definition) is 4. The Bertz CT molecular complexity index is 838. The average molecular weight is 390 g/mol. The first-order chi connectivity index (χ1) is 13.3. The van der Waals surface area contributed by atoms with Gasteiger partial charge in [0.25, 0.3) is 12.4 Å². The number of hydrogen-bond acceptors (Lipinski definition) is 5. The van der Waals surface area contributed by atoms with E-state index in [1.54, 1.807) is 11.8 Å². The summed E-state index contributed by atoms with van der Waals surface area (Å²) in [5.41, 5.74) is -0.378. The van der Waals surface area contributed by atoms with E-state index in [-0.39, 0.29) is 12.4 Å². The summed E-state index contributed by atoms with van der Waals surface area (Å²) < 4.78 is 5.89. The number of nitrogens with one attached hydrogen (secondary N) is 1. The summed E-state index contributed by atoms with van der Waals surface area (Å²) in [6.45, 7) is 2.84. The van der Waals surface area contributed by atoms with Crippen LogP contribution < -0.4 is 0 Å². The predicted octanol–water partition coefficient (Wildman–Crippen LogP) is 1.38. The highest BCUT2D eigenvalue weighted by atomic mass is 16.5. The van der Waals surface area contributed by atoms with E-state index in [9.17, 15) is 15.0 Å². The van der Waals surface area contributed by atoms with Crippen LogP contribution >= 0.6 is 0 Å². The van der Waals surface area contributed by atoms with Crippen LogP contribution in [-0.2, 0) is 9.53 Å². The number of aliphatic hydroxyl groups is 2. The first-order valence-corrected chi connectivity index (χ1v) is 9.32. The highest BCUT2D eigenvalue weighted by Gasteiger charge is 2.52. The quantitative estimate of drug-likeness (QED) is 0.546. The Morgan fingerprint density at radius 1 is 1.29 bits per heavy atom. The fourth-order valence-corrected chi connectivity index (χ4v) is 4.18. The molecule has 0 unspecified atom stereocenters. The van der Waals surface area contributed by atoms with Crippen LogP contribution in [0.4, 0.5) is 0 Å². The van der Waals surface area contributed by atoms with Crippen molar-refractivity contribution in [1.82, 2.24) is 9.88 Å². The smallest absolute Gasteiger partial charge is 0.290 e. The fraction of sp³-hybridized carbons (Fsp3) is 0.500. The molecule has 1 amide bonds. The number of carbonyl (C=O) groups excluding carboxylic acids is 1. The maximum Gasteiger partial charge on any atom is 0.290 e. The molecule has 2 aliphatic rings. The number of carbonyl (C=O) groups is 2. The number of para-hydroxylation sites is 1. The van der Waals surface area contributed by atoms with E-state index in [0.29, 0.717) is 44.5 Å². The van der Waals surface area contributed by atoms with Gasteiger partial charge in [0.15, 0.2) is 0 Å². The van der Waals surface area contributed by atoms with Crippen molar-refractivity contribution >= 4 is 23.3 Å². The van der Waals surface area contributed by atoms with Crippen LogP contribution in [0.3, 0.4) is 0 Å². The second-order valence-electron chi connectivity index (χ2n) is 7.57. The SMILES string of the molecule is C[C@@]1(O)CCOC2(CCN(C(=O)c3cccc4cc[nH]c34)CC2)[C@H]1O.O=CO. The van der Waals surface area contributed by atoms with Gasteiger partial charge in [-0.2, -0.15) is 0 Å². The number of fused-ring (bicyclic) bond motifs is 1. The molecule has 4 N–H and O–H groups in total. The molecular formula is C20H26N2O6. The molecule has 0 saturated carbocycles. The lowest BCUT2D eigenvalue weighted by Crippen LogP contribution is -2.64. The Labute approximate surface area is 162 Å².